The number of furan rings is 1. The summed E-state index contributed by atoms with van der Waals surface area (Å²) < 4.78 is 6.48. The van der Waals surface area contributed by atoms with Crippen LogP contribution in [0.3, 0.4) is 0 Å². The van der Waals surface area contributed by atoms with Crippen molar-refractivity contribution >= 4 is 52.0 Å². The van der Waals surface area contributed by atoms with E-state index >= 15 is 0 Å². The minimum Gasteiger partial charge on any atom is -0.450 e. The summed E-state index contributed by atoms with van der Waals surface area (Å²) >= 11 is 4.36. The number of nitriles is 1. The van der Waals surface area contributed by atoms with Crippen molar-refractivity contribution in [1.82, 2.24) is 10.2 Å². The summed E-state index contributed by atoms with van der Waals surface area (Å²) in [4.78, 5) is 12.5. The number of nitrogens with one attached hydrogen (secondary N) is 1. The average Bonchev–Trinajstić information content (AvgIpc) is 3.50. The molecule has 0 atom stereocenters. The second-order valence-electron chi connectivity index (χ2n) is 6.70. The first-order valence-corrected chi connectivity index (χ1v) is 12.7. The van der Waals surface area contributed by atoms with Crippen LogP contribution in [0.25, 0.3) is 6.08 Å². The molecule has 1 amide bonds. The van der Waals surface area contributed by atoms with Gasteiger partial charge in [0.15, 0.2) is 9.43 Å². The highest BCUT2D eigenvalue weighted by Gasteiger charge is 2.14. The fourth-order valence-corrected chi connectivity index (χ4v) is 5.24. The Labute approximate surface area is 203 Å². The van der Waals surface area contributed by atoms with Gasteiger partial charge in [-0.2, -0.15) is 5.26 Å². The molecule has 6 nitrogen and oxygen atoms in total. The van der Waals surface area contributed by atoms with Gasteiger partial charge in [-0.15, -0.1) is 10.2 Å². The van der Waals surface area contributed by atoms with Crippen LogP contribution in [0, 0.1) is 11.3 Å². The molecule has 0 fully saturated rings. The molecule has 4 aromatic rings. The predicted octanol–water partition coefficient (Wildman–Crippen LogP) is 6.26. The number of carbonyl (C=O) groups is 1. The van der Waals surface area contributed by atoms with Crippen LogP contribution in [0.15, 0.2) is 92.2 Å². The normalized spacial score (nSPS) is 11.2. The lowest BCUT2D eigenvalue weighted by Crippen LogP contribution is -2.13. The molecule has 9 heteroatoms. The molecule has 0 aliphatic carbocycles. The average molecular weight is 491 g/mol. The Morgan fingerprint density at radius 1 is 0.970 bits per heavy atom. The van der Waals surface area contributed by atoms with E-state index in [-0.39, 0.29) is 5.57 Å². The number of aromatic nitrogens is 2. The van der Waals surface area contributed by atoms with Crippen molar-refractivity contribution in [3.05, 3.63) is 95.3 Å². The fraction of sp³-hybridized carbons (Fsp3) is 0.0833. The summed E-state index contributed by atoms with van der Waals surface area (Å²) in [7, 11) is 0. The number of hydrogen-bond acceptors (Lipinski definition) is 8. The van der Waals surface area contributed by atoms with Crippen molar-refractivity contribution < 1.29 is 9.21 Å². The second kappa shape index (κ2) is 11.5. The molecule has 1 N–H and O–H groups in total. The van der Waals surface area contributed by atoms with Gasteiger partial charge in [0.2, 0.25) is 5.13 Å². The zero-order valence-corrected chi connectivity index (χ0v) is 19.8. The van der Waals surface area contributed by atoms with Gasteiger partial charge in [-0.05, 0) is 23.3 Å². The SMILES string of the molecule is N#C/C(=C/c1ccc(SCc2ccccc2)o1)C(=O)Nc1nnc(SCc2ccccc2)s1. The van der Waals surface area contributed by atoms with Crippen molar-refractivity contribution in [3.63, 3.8) is 0 Å². The van der Waals surface area contributed by atoms with Crippen LogP contribution < -0.4 is 5.32 Å². The van der Waals surface area contributed by atoms with Gasteiger partial charge in [0, 0.05) is 17.6 Å². The van der Waals surface area contributed by atoms with E-state index in [4.69, 9.17) is 4.42 Å². The van der Waals surface area contributed by atoms with Crippen molar-refractivity contribution in [2.45, 2.75) is 20.9 Å². The molecular weight excluding hydrogens is 472 g/mol. The standard InChI is InChI=1S/C24H18N4O2S3/c25-14-19(13-20-11-12-21(30-20)31-15-17-7-3-1-4-8-17)22(29)26-23-27-28-24(33-23)32-16-18-9-5-2-6-10-18/h1-13H,15-16H2,(H,26,27,29)/b19-13-. The van der Waals surface area contributed by atoms with Crippen molar-refractivity contribution in [2.24, 2.45) is 0 Å². The number of hydrogen-bond donors (Lipinski definition) is 1. The molecule has 2 aromatic heterocycles. The Kier molecular flexibility index (Phi) is 7.98. The molecule has 0 aliphatic rings. The van der Waals surface area contributed by atoms with Gasteiger partial charge in [-0.25, -0.2) is 0 Å². The van der Waals surface area contributed by atoms with Gasteiger partial charge < -0.3 is 4.42 Å². The van der Waals surface area contributed by atoms with Gasteiger partial charge in [-0.3, -0.25) is 10.1 Å². The van der Waals surface area contributed by atoms with E-state index in [9.17, 15) is 10.1 Å². The lowest BCUT2D eigenvalue weighted by atomic mass is 10.2. The monoisotopic (exact) mass is 490 g/mol. The van der Waals surface area contributed by atoms with Gasteiger partial charge in [0.1, 0.15) is 17.4 Å². The summed E-state index contributed by atoms with van der Waals surface area (Å²) in [5, 5.41) is 21.2. The first-order chi connectivity index (χ1) is 16.2. The highest BCUT2D eigenvalue weighted by atomic mass is 32.2. The molecule has 0 saturated heterocycles. The molecular formula is C24H18N4O2S3. The van der Waals surface area contributed by atoms with Crippen molar-refractivity contribution in [3.8, 4) is 6.07 Å². The fourth-order valence-electron chi connectivity index (χ4n) is 2.71. The van der Waals surface area contributed by atoms with E-state index in [1.54, 1.807) is 29.6 Å². The Hall–Kier alpha value is -3.32. The van der Waals surface area contributed by atoms with E-state index in [0.717, 1.165) is 15.8 Å². The molecule has 2 aromatic carbocycles. The lowest BCUT2D eigenvalue weighted by Gasteiger charge is -1.99. The van der Waals surface area contributed by atoms with Gasteiger partial charge >= 0.3 is 0 Å². The van der Waals surface area contributed by atoms with Gasteiger partial charge in [-0.1, -0.05) is 95.5 Å². The maximum absolute atomic E-state index is 12.5. The predicted molar refractivity (Wildman–Crippen MR) is 133 cm³/mol. The van der Waals surface area contributed by atoms with Crippen LogP contribution in [0.2, 0.25) is 0 Å². The smallest absolute Gasteiger partial charge is 0.268 e. The molecule has 0 unspecified atom stereocenters. The number of rotatable bonds is 9. The van der Waals surface area contributed by atoms with Crippen LogP contribution in [-0.4, -0.2) is 16.1 Å². The second-order valence-corrected chi connectivity index (χ2v) is 9.88. The largest absolute Gasteiger partial charge is 0.450 e. The van der Waals surface area contributed by atoms with E-state index in [2.05, 4.69) is 15.5 Å². The zero-order chi connectivity index (χ0) is 22.9. The minimum absolute atomic E-state index is 0.0716. The Bertz CT molecular complexity index is 1280. The molecule has 2 heterocycles. The Morgan fingerprint density at radius 3 is 2.30 bits per heavy atom. The van der Waals surface area contributed by atoms with Crippen molar-refractivity contribution in [1.29, 1.82) is 5.26 Å². The van der Waals surface area contributed by atoms with Crippen LogP contribution in [-0.2, 0) is 16.3 Å². The Balaban J connectivity index is 1.33. The highest BCUT2D eigenvalue weighted by Crippen LogP contribution is 2.29. The number of benzene rings is 2. The van der Waals surface area contributed by atoms with Crippen LogP contribution >= 0.6 is 34.9 Å². The molecule has 0 aliphatic heterocycles. The summed E-state index contributed by atoms with van der Waals surface area (Å²) in [5.74, 6) is 1.41. The number of thioether (sulfide) groups is 2. The summed E-state index contributed by atoms with van der Waals surface area (Å²) in [6, 6.07) is 25.6. The molecule has 0 spiro atoms. The number of anilines is 1. The topological polar surface area (TPSA) is 91.8 Å². The highest BCUT2D eigenvalue weighted by molar-refractivity contribution is 8.00. The quantitative estimate of drug-likeness (QED) is 0.128. The van der Waals surface area contributed by atoms with Crippen LogP contribution in [0.5, 0.6) is 0 Å². The third-order valence-corrected chi connectivity index (χ3v) is 7.33. The molecule has 164 valence electrons. The zero-order valence-electron chi connectivity index (χ0n) is 17.3. The molecule has 0 radical (unpaired) electrons. The number of carbonyl (C=O) groups excluding carboxylic acids is 1. The van der Waals surface area contributed by atoms with Gasteiger partial charge in [0.05, 0.1) is 0 Å². The first kappa shape index (κ1) is 22.9. The third kappa shape index (κ3) is 6.83. The molecule has 4 rings (SSSR count). The number of nitrogens with zero attached hydrogens (tertiary/aromatic N) is 3. The number of amides is 1. The lowest BCUT2D eigenvalue weighted by molar-refractivity contribution is -0.112. The van der Waals surface area contributed by atoms with Crippen LogP contribution in [0.4, 0.5) is 5.13 Å². The summed E-state index contributed by atoms with van der Waals surface area (Å²) in [6.45, 7) is 0. The first-order valence-electron chi connectivity index (χ1n) is 9.89. The van der Waals surface area contributed by atoms with E-state index in [1.807, 2.05) is 72.8 Å². The Morgan fingerprint density at radius 2 is 1.64 bits per heavy atom. The third-order valence-electron chi connectivity index (χ3n) is 4.31. The van der Waals surface area contributed by atoms with E-state index < -0.39 is 5.91 Å². The summed E-state index contributed by atoms with van der Waals surface area (Å²) in [5.41, 5.74) is 2.29. The maximum Gasteiger partial charge on any atom is 0.268 e. The van der Waals surface area contributed by atoms with Gasteiger partial charge in [0.25, 0.3) is 5.91 Å². The maximum atomic E-state index is 12.5. The molecule has 33 heavy (non-hydrogen) atoms. The van der Waals surface area contributed by atoms with Crippen molar-refractivity contribution in [2.75, 3.05) is 5.32 Å². The van der Waals surface area contributed by atoms with E-state index in [1.165, 1.54) is 28.5 Å². The van der Waals surface area contributed by atoms with E-state index in [0.29, 0.717) is 16.0 Å². The minimum atomic E-state index is -0.553. The summed E-state index contributed by atoms with van der Waals surface area (Å²) in [6.07, 6.45) is 1.42. The molecule has 0 saturated carbocycles. The van der Waals surface area contributed by atoms with Crippen LogP contribution in [0.1, 0.15) is 16.9 Å². The molecule has 0 bridgehead atoms.